The van der Waals surface area contributed by atoms with Gasteiger partial charge in [-0.25, -0.2) is 8.78 Å². The van der Waals surface area contributed by atoms with Crippen LogP contribution >= 0.6 is 15.9 Å². The van der Waals surface area contributed by atoms with Gasteiger partial charge in [0.2, 0.25) is 0 Å². The lowest BCUT2D eigenvalue weighted by Crippen LogP contribution is -2.18. The van der Waals surface area contributed by atoms with Gasteiger partial charge in [0.15, 0.2) is 17.4 Å². The third-order valence-corrected chi connectivity index (χ3v) is 2.57. The summed E-state index contributed by atoms with van der Waals surface area (Å²) in [5, 5.41) is 0. The van der Waals surface area contributed by atoms with E-state index in [0.29, 0.717) is 0 Å². The van der Waals surface area contributed by atoms with E-state index in [0.717, 1.165) is 6.07 Å². The molecule has 0 atom stereocenters. The zero-order valence-corrected chi connectivity index (χ0v) is 8.53. The normalized spacial score (nSPS) is 14.9. The van der Waals surface area contributed by atoms with E-state index in [1.807, 2.05) is 0 Å². The fourth-order valence-corrected chi connectivity index (χ4v) is 1.85. The Bertz CT molecular complexity index is 418. The summed E-state index contributed by atoms with van der Waals surface area (Å²) in [6.45, 7) is 0.204. The molecule has 0 bridgehead atoms. The third-order valence-electron chi connectivity index (χ3n) is 1.98. The Kier molecular flexibility index (Phi) is 2.26. The first-order valence-electron chi connectivity index (χ1n) is 3.94. The monoisotopic (exact) mass is 262 g/mol. The third kappa shape index (κ3) is 1.32. The van der Waals surface area contributed by atoms with Crippen molar-refractivity contribution < 1.29 is 18.3 Å². The summed E-state index contributed by atoms with van der Waals surface area (Å²) in [4.78, 5) is 11.3. The van der Waals surface area contributed by atoms with Gasteiger partial charge in [0, 0.05) is 6.42 Å². The highest BCUT2D eigenvalue weighted by atomic mass is 79.9. The topological polar surface area (TPSA) is 26.3 Å². The predicted molar refractivity (Wildman–Crippen MR) is 48.5 cm³/mol. The van der Waals surface area contributed by atoms with Gasteiger partial charge in [0.05, 0.1) is 16.6 Å². The number of fused-ring (bicyclic) bond motifs is 1. The van der Waals surface area contributed by atoms with E-state index in [4.69, 9.17) is 4.74 Å². The van der Waals surface area contributed by atoms with Crippen LogP contribution in [0.15, 0.2) is 10.5 Å². The molecule has 0 amide bonds. The van der Waals surface area contributed by atoms with Crippen LogP contribution in [0.25, 0.3) is 0 Å². The highest BCUT2D eigenvalue weighted by Gasteiger charge is 2.27. The Labute approximate surface area is 87.0 Å². The molecule has 1 aliphatic heterocycles. The van der Waals surface area contributed by atoms with Crippen molar-refractivity contribution in [3.63, 3.8) is 0 Å². The van der Waals surface area contributed by atoms with E-state index in [1.54, 1.807) is 0 Å². The van der Waals surface area contributed by atoms with Crippen LogP contribution in [0.2, 0.25) is 0 Å². The first-order valence-corrected chi connectivity index (χ1v) is 4.74. The highest BCUT2D eigenvalue weighted by Crippen LogP contribution is 2.35. The summed E-state index contributed by atoms with van der Waals surface area (Å²) in [6, 6.07) is 0.951. The Morgan fingerprint density at radius 3 is 2.86 bits per heavy atom. The molecule has 5 heteroatoms. The molecule has 0 radical (unpaired) electrons. The molecule has 0 aromatic heterocycles. The number of hydrogen-bond acceptors (Lipinski definition) is 2. The molecular weight excluding hydrogens is 258 g/mol. The second kappa shape index (κ2) is 3.31. The quantitative estimate of drug-likeness (QED) is 0.672. The van der Waals surface area contributed by atoms with Crippen LogP contribution in [0, 0.1) is 11.6 Å². The molecule has 1 aliphatic rings. The number of hydrogen-bond donors (Lipinski definition) is 0. The second-order valence-corrected chi connectivity index (χ2v) is 3.73. The minimum absolute atomic E-state index is 0.0831. The van der Waals surface area contributed by atoms with Crippen molar-refractivity contribution >= 4 is 21.7 Å². The average molecular weight is 263 g/mol. The van der Waals surface area contributed by atoms with Crippen molar-refractivity contribution in [3.05, 3.63) is 27.7 Å². The number of carbonyl (C=O) groups is 1. The fraction of sp³-hybridized carbons (Fsp3) is 0.222. The van der Waals surface area contributed by atoms with Crippen molar-refractivity contribution in [2.24, 2.45) is 0 Å². The Morgan fingerprint density at radius 1 is 1.43 bits per heavy atom. The first kappa shape index (κ1) is 9.58. The molecule has 0 fully saturated rings. The van der Waals surface area contributed by atoms with Gasteiger partial charge in [0.25, 0.3) is 0 Å². The van der Waals surface area contributed by atoms with Crippen molar-refractivity contribution in [2.75, 3.05) is 6.61 Å². The van der Waals surface area contributed by atoms with Gasteiger partial charge in [-0.3, -0.25) is 4.79 Å². The molecular formula is C9H5BrF2O2. The molecule has 0 aliphatic carbocycles. The fourth-order valence-electron chi connectivity index (χ4n) is 1.34. The van der Waals surface area contributed by atoms with Crippen LogP contribution in [-0.2, 0) is 0 Å². The molecule has 14 heavy (non-hydrogen) atoms. The molecule has 0 spiro atoms. The number of Topliss-reactive ketones (excluding diaryl/α,β-unsaturated/α-hetero) is 1. The van der Waals surface area contributed by atoms with E-state index in [9.17, 15) is 13.6 Å². The molecule has 1 aromatic rings. The number of carbonyl (C=O) groups excluding carboxylic acids is 1. The van der Waals surface area contributed by atoms with Gasteiger partial charge < -0.3 is 4.74 Å². The lowest BCUT2D eigenvalue weighted by Gasteiger charge is -2.18. The van der Waals surface area contributed by atoms with Crippen molar-refractivity contribution in [1.29, 1.82) is 0 Å². The molecule has 0 saturated heterocycles. The lowest BCUT2D eigenvalue weighted by molar-refractivity contribution is 0.0925. The molecule has 2 rings (SSSR count). The maximum absolute atomic E-state index is 13.2. The molecule has 0 N–H and O–H groups in total. The summed E-state index contributed by atoms with van der Waals surface area (Å²) in [6.07, 6.45) is 0.0831. The smallest absolute Gasteiger partial charge is 0.173 e. The molecule has 0 saturated carbocycles. The maximum atomic E-state index is 13.2. The minimum Gasteiger partial charge on any atom is -0.491 e. The van der Waals surface area contributed by atoms with Gasteiger partial charge in [0.1, 0.15) is 5.75 Å². The minimum atomic E-state index is -1.13. The van der Waals surface area contributed by atoms with Gasteiger partial charge in [-0.1, -0.05) is 0 Å². The number of ketones is 1. The predicted octanol–water partition coefficient (Wildman–Crippen LogP) is 2.69. The van der Waals surface area contributed by atoms with E-state index in [1.165, 1.54) is 0 Å². The van der Waals surface area contributed by atoms with Crippen LogP contribution < -0.4 is 4.74 Å². The van der Waals surface area contributed by atoms with Crippen molar-refractivity contribution in [2.45, 2.75) is 6.42 Å². The molecule has 1 aromatic carbocycles. The number of ether oxygens (including phenoxy) is 1. The van der Waals surface area contributed by atoms with Crippen LogP contribution in [-0.4, -0.2) is 12.4 Å². The standard InChI is InChI=1S/C9H5BrF2O2/c10-4-3-5(11)8(12)7-6(13)1-2-14-9(4)7/h3H,1-2H2. The molecule has 1 heterocycles. The zero-order valence-electron chi connectivity index (χ0n) is 6.94. The van der Waals surface area contributed by atoms with Crippen LogP contribution in [0.3, 0.4) is 0 Å². The molecule has 74 valence electrons. The summed E-state index contributed by atoms with van der Waals surface area (Å²) in [5.74, 6) is -2.51. The SMILES string of the molecule is O=C1CCOc2c(Br)cc(F)c(F)c21. The summed E-state index contributed by atoms with van der Waals surface area (Å²) in [7, 11) is 0. The van der Waals surface area contributed by atoms with E-state index in [2.05, 4.69) is 15.9 Å². The van der Waals surface area contributed by atoms with Crippen LogP contribution in [0.5, 0.6) is 5.75 Å². The van der Waals surface area contributed by atoms with Crippen LogP contribution in [0.4, 0.5) is 8.78 Å². The summed E-state index contributed by atoms with van der Waals surface area (Å²) >= 11 is 3.01. The largest absolute Gasteiger partial charge is 0.491 e. The lowest BCUT2D eigenvalue weighted by atomic mass is 10.0. The Hall–Kier alpha value is -0.970. The van der Waals surface area contributed by atoms with Crippen LogP contribution in [0.1, 0.15) is 16.8 Å². The summed E-state index contributed by atoms with van der Waals surface area (Å²) < 4.78 is 31.5. The average Bonchev–Trinajstić information content (AvgIpc) is 2.14. The molecule has 2 nitrogen and oxygen atoms in total. The van der Waals surface area contributed by atoms with Crippen molar-refractivity contribution in [1.82, 2.24) is 0 Å². The van der Waals surface area contributed by atoms with Gasteiger partial charge in [-0.15, -0.1) is 0 Å². The maximum Gasteiger partial charge on any atom is 0.173 e. The highest BCUT2D eigenvalue weighted by molar-refractivity contribution is 9.10. The van der Waals surface area contributed by atoms with E-state index < -0.39 is 17.4 Å². The Balaban J connectivity index is 2.73. The second-order valence-electron chi connectivity index (χ2n) is 2.88. The van der Waals surface area contributed by atoms with E-state index >= 15 is 0 Å². The van der Waals surface area contributed by atoms with Gasteiger partial charge >= 0.3 is 0 Å². The number of rotatable bonds is 0. The summed E-state index contributed by atoms with van der Waals surface area (Å²) in [5.41, 5.74) is -0.289. The van der Waals surface area contributed by atoms with Crippen molar-refractivity contribution in [3.8, 4) is 5.75 Å². The zero-order chi connectivity index (χ0) is 10.3. The van der Waals surface area contributed by atoms with E-state index in [-0.39, 0.29) is 28.8 Å². The first-order chi connectivity index (χ1) is 6.61. The molecule has 0 unspecified atom stereocenters. The number of benzene rings is 1. The van der Waals surface area contributed by atoms with Gasteiger partial charge in [-0.05, 0) is 22.0 Å². The van der Waals surface area contributed by atoms with Gasteiger partial charge in [-0.2, -0.15) is 0 Å². The Morgan fingerprint density at radius 2 is 2.14 bits per heavy atom. The number of halogens is 3.